The van der Waals surface area contributed by atoms with Gasteiger partial charge in [-0.1, -0.05) is 18.9 Å². The van der Waals surface area contributed by atoms with Crippen LogP contribution in [0.25, 0.3) is 0 Å². The van der Waals surface area contributed by atoms with Gasteiger partial charge in [0, 0.05) is 12.7 Å². The number of pyridine rings is 1. The Kier molecular flexibility index (Phi) is 6.73. The first-order valence-electron chi connectivity index (χ1n) is 8.70. The highest BCUT2D eigenvalue weighted by molar-refractivity contribution is 5.94. The zero-order chi connectivity index (χ0) is 17.5. The van der Waals surface area contributed by atoms with E-state index in [1.54, 1.807) is 13.1 Å². The summed E-state index contributed by atoms with van der Waals surface area (Å²) in [6, 6.07) is 5.27. The maximum Gasteiger partial charge on any atom is 0.245 e. The summed E-state index contributed by atoms with van der Waals surface area (Å²) in [6.07, 6.45) is 4.75. The maximum atomic E-state index is 12.6. The van der Waals surface area contributed by atoms with E-state index in [9.17, 15) is 9.59 Å². The summed E-state index contributed by atoms with van der Waals surface area (Å²) < 4.78 is 0. The Labute approximate surface area is 144 Å². The first-order valence-corrected chi connectivity index (χ1v) is 8.70. The lowest BCUT2D eigenvalue weighted by atomic mass is 10.2. The van der Waals surface area contributed by atoms with Crippen molar-refractivity contribution < 1.29 is 9.59 Å². The van der Waals surface area contributed by atoms with Gasteiger partial charge in [-0.05, 0) is 51.9 Å². The van der Waals surface area contributed by atoms with E-state index >= 15 is 0 Å². The van der Waals surface area contributed by atoms with E-state index in [1.165, 1.54) is 17.7 Å². The molecular formula is C18H28N4O2. The second-order valence-corrected chi connectivity index (χ2v) is 6.53. The summed E-state index contributed by atoms with van der Waals surface area (Å²) in [5.74, 6) is 0.276. The summed E-state index contributed by atoms with van der Waals surface area (Å²) >= 11 is 0. The molecule has 6 nitrogen and oxygen atoms in total. The number of hydrogen-bond donors (Lipinski definition) is 1. The monoisotopic (exact) mass is 332 g/mol. The van der Waals surface area contributed by atoms with Crippen LogP contribution in [-0.2, 0) is 9.59 Å². The number of aryl methyl sites for hydroxylation is 1. The first-order chi connectivity index (χ1) is 11.5. The van der Waals surface area contributed by atoms with Crippen LogP contribution in [0.2, 0.25) is 0 Å². The smallest absolute Gasteiger partial charge is 0.245 e. The standard InChI is InChI=1S/C18H28N4O2/c1-14-9-8-10-16(19-14)20-17(23)13-21(3)18(24)15(2)22-11-6-4-5-7-12-22/h8-10,15H,4-7,11-13H2,1-3H3,(H,19,20,23). The second-order valence-electron chi connectivity index (χ2n) is 6.53. The molecule has 1 aromatic heterocycles. The predicted octanol–water partition coefficient (Wildman–Crippen LogP) is 2.05. The van der Waals surface area contributed by atoms with Crippen LogP contribution in [-0.4, -0.2) is 59.3 Å². The molecule has 1 aliphatic heterocycles. The number of amides is 2. The number of aromatic nitrogens is 1. The molecule has 1 saturated heterocycles. The molecule has 2 amide bonds. The molecule has 132 valence electrons. The third kappa shape index (κ3) is 5.30. The van der Waals surface area contributed by atoms with Crippen LogP contribution >= 0.6 is 0 Å². The molecule has 1 unspecified atom stereocenters. The van der Waals surface area contributed by atoms with E-state index in [0.717, 1.165) is 31.6 Å². The normalized spacial score (nSPS) is 17.0. The average Bonchev–Trinajstić information content (AvgIpc) is 2.82. The number of anilines is 1. The van der Waals surface area contributed by atoms with Crippen molar-refractivity contribution in [2.24, 2.45) is 0 Å². The minimum atomic E-state index is -0.230. The van der Waals surface area contributed by atoms with Crippen molar-refractivity contribution in [3.63, 3.8) is 0 Å². The quantitative estimate of drug-likeness (QED) is 0.896. The molecule has 0 aromatic carbocycles. The molecule has 6 heteroatoms. The predicted molar refractivity (Wildman–Crippen MR) is 94.7 cm³/mol. The van der Waals surface area contributed by atoms with Crippen molar-refractivity contribution in [1.29, 1.82) is 0 Å². The van der Waals surface area contributed by atoms with E-state index in [4.69, 9.17) is 0 Å². The second kappa shape index (κ2) is 8.78. The van der Waals surface area contributed by atoms with Crippen LogP contribution in [0.15, 0.2) is 18.2 Å². The van der Waals surface area contributed by atoms with Crippen LogP contribution in [0.3, 0.4) is 0 Å². The molecule has 1 fully saturated rings. The van der Waals surface area contributed by atoms with Gasteiger partial charge in [0.05, 0.1) is 12.6 Å². The Hall–Kier alpha value is -1.95. The van der Waals surface area contributed by atoms with Crippen LogP contribution < -0.4 is 5.32 Å². The molecule has 0 bridgehead atoms. The van der Waals surface area contributed by atoms with Gasteiger partial charge in [0.25, 0.3) is 0 Å². The van der Waals surface area contributed by atoms with Gasteiger partial charge < -0.3 is 10.2 Å². The van der Waals surface area contributed by atoms with Gasteiger partial charge in [-0.25, -0.2) is 4.98 Å². The Balaban J connectivity index is 1.86. The van der Waals surface area contributed by atoms with Crippen molar-refractivity contribution in [3.05, 3.63) is 23.9 Å². The Morgan fingerprint density at radius 3 is 2.54 bits per heavy atom. The van der Waals surface area contributed by atoms with Crippen molar-refractivity contribution in [1.82, 2.24) is 14.8 Å². The molecule has 24 heavy (non-hydrogen) atoms. The third-order valence-electron chi connectivity index (χ3n) is 4.46. The SMILES string of the molecule is Cc1cccc(NC(=O)CN(C)C(=O)C(C)N2CCCCCC2)n1. The third-order valence-corrected chi connectivity index (χ3v) is 4.46. The molecule has 0 radical (unpaired) electrons. The van der Waals surface area contributed by atoms with Crippen LogP contribution in [0.1, 0.15) is 38.3 Å². The highest BCUT2D eigenvalue weighted by Crippen LogP contribution is 2.13. The van der Waals surface area contributed by atoms with Gasteiger partial charge in [-0.2, -0.15) is 0 Å². The lowest BCUT2D eigenvalue weighted by Gasteiger charge is -2.29. The highest BCUT2D eigenvalue weighted by atomic mass is 16.2. The molecule has 1 N–H and O–H groups in total. The summed E-state index contributed by atoms with van der Waals surface area (Å²) in [4.78, 5) is 32.7. The fourth-order valence-corrected chi connectivity index (χ4v) is 3.05. The van der Waals surface area contributed by atoms with E-state index in [0.29, 0.717) is 5.82 Å². The summed E-state index contributed by atoms with van der Waals surface area (Å²) in [7, 11) is 1.68. The number of carbonyl (C=O) groups is 2. The van der Waals surface area contributed by atoms with E-state index in [2.05, 4.69) is 15.2 Å². The minimum Gasteiger partial charge on any atom is -0.335 e. The molecule has 2 rings (SSSR count). The van der Waals surface area contributed by atoms with Gasteiger partial charge in [0.2, 0.25) is 11.8 Å². The van der Waals surface area contributed by atoms with Crippen LogP contribution in [0.5, 0.6) is 0 Å². The molecule has 0 aliphatic carbocycles. The van der Waals surface area contributed by atoms with Gasteiger partial charge >= 0.3 is 0 Å². The van der Waals surface area contributed by atoms with E-state index in [-0.39, 0.29) is 24.4 Å². The maximum absolute atomic E-state index is 12.6. The summed E-state index contributed by atoms with van der Waals surface area (Å²) in [6.45, 7) is 5.76. The van der Waals surface area contributed by atoms with E-state index in [1.807, 2.05) is 26.0 Å². The zero-order valence-electron chi connectivity index (χ0n) is 14.9. The van der Waals surface area contributed by atoms with Gasteiger partial charge in [0.1, 0.15) is 5.82 Å². The number of hydrogen-bond acceptors (Lipinski definition) is 4. The number of nitrogens with one attached hydrogen (secondary N) is 1. The van der Waals surface area contributed by atoms with Crippen molar-refractivity contribution >= 4 is 17.6 Å². The fourth-order valence-electron chi connectivity index (χ4n) is 3.05. The van der Waals surface area contributed by atoms with Gasteiger partial charge in [-0.15, -0.1) is 0 Å². The molecule has 0 spiro atoms. The molecular weight excluding hydrogens is 304 g/mol. The number of likely N-dealkylation sites (N-methyl/N-ethyl adjacent to an activating group) is 1. The molecule has 2 heterocycles. The van der Waals surface area contributed by atoms with Crippen molar-refractivity contribution in [2.45, 2.75) is 45.6 Å². The lowest BCUT2D eigenvalue weighted by molar-refractivity contribution is -0.137. The number of carbonyl (C=O) groups excluding carboxylic acids is 2. The lowest BCUT2D eigenvalue weighted by Crippen LogP contribution is -2.48. The molecule has 1 atom stereocenters. The van der Waals surface area contributed by atoms with Gasteiger partial charge in [0.15, 0.2) is 0 Å². The van der Waals surface area contributed by atoms with Crippen molar-refractivity contribution in [3.8, 4) is 0 Å². The average molecular weight is 332 g/mol. The summed E-state index contributed by atoms with van der Waals surface area (Å²) in [5.41, 5.74) is 0.840. The number of likely N-dealkylation sites (tertiary alicyclic amines) is 1. The Bertz CT molecular complexity index is 568. The molecule has 0 saturated carbocycles. The zero-order valence-corrected chi connectivity index (χ0v) is 14.9. The van der Waals surface area contributed by atoms with Gasteiger partial charge in [-0.3, -0.25) is 14.5 Å². The fraction of sp³-hybridized carbons (Fsp3) is 0.611. The topological polar surface area (TPSA) is 65.5 Å². The van der Waals surface area contributed by atoms with E-state index < -0.39 is 0 Å². The minimum absolute atomic E-state index is 0.00995. The molecule has 1 aliphatic rings. The first kappa shape index (κ1) is 18.4. The Morgan fingerprint density at radius 2 is 1.92 bits per heavy atom. The molecule has 1 aromatic rings. The van der Waals surface area contributed by atoms with Crippen LogP contribution in [0, 0.1) is 6.92 Å². The number of rotatable bonds is 5. The number of nitrogens with zero attached hydrogens (tertiary/aromatic N) is 3. The highest BCUT2D eigenvalue weighted by Gasteiger charge is 2.25. The summed E-state index contributed by atoms with van der Waals surface area (Å²) in [5, 5.41) is 2.74. The van der Waals surface area contributed by atoms with Crippen LogP contribution in [0.4, 0.5) is 5.82 Å². The Morgan fingerprint density at radius 1 is 1.25 bits per heavy atom. The largest absolute Gasteiger partial charge is 0.335 e. The van der Waals surface area contributed by atoms with Crippen molar-refractivity contribution in [2.75, 3.05) is 32.0 Å².